The molecule has 42 heavy (non-hydrogen) atoms. The van der Waals surface area contributed by atoms with Gasteiger partial charge in [0.15, 0.2) is 17.1 Å². The first-order valence-corrected chi connectivity index (χ1v) is 13.3. The monoisotopic (exact) mass is 583 g/mol. The number of hydrogen-bond acceptors (Lipinski definition) is 11. The van der Waals surface area contributed by atoms with E-state index in [-0.39, 0.29) is 35.1 Å². The molecule has 0 heterocycles. The molecule has 0 saturated heterocycles. The van der Waals surface area contributed by atoms with E-state index in [0.29, 0.717) is 11.1 Å². The predicted molar refractivity (Wildman–Crippen MR) is 156 cm³/mol. The van der Waals surface area contributed by atoms with Crippen molar-refractivity contribution < 1.29 is 39.6 Å². The number of nitrogens with zero attached hydrogens (tertiary/aromatic N) is 2. The third-order valence-corrected chi connectivity index (χ3v) is 7.81. The third kappa shape index (κ3) is 4.72. The van der Waals surface area contributed by atoms with Gasteiger partial charge in [-0.25, -0.2) is 0 Å². The summed E-state index contributed by atoms with van der Waals surface area (Å²) < 4.78 is 0. The van der Waals surface area contributed by atoms with Crippen LogP contribution in [0.15, 0.2) is 23.5 Å². The average Bonchev–Trinajstić information content (AvgIpc) is 2.85. The van der Waals surface area contributed by atoms with Crippen LogP contribution >= 0.6 is 0 Å². The minimum absolute atomic E-state index is 0.0308. The van der Waals surface area contributed by atoms with Crippen molar-refractivity contribution in [3.63, 3.8) is 0 Å². The van der Waals surface area contributed by atoms with Crippen molar-refractivity contribution in [1.82, 2.24) is 10.2 Å². The van der Waals surface area contributed by atoms with Crippen LogP contribution in [0.1, 0.15) is 36.7 Å². The van der Waals surface area contributed by atoms with Gasteiger partial charge in [0.2, 0.25) is 11.7 Å². The Morgan fingerprint density at radius 2 is 1.69 bits per heavy atom. The molecule has 13 heteroatoms. The number of Topliss-reactive ketones (excluding diaryl/α,β-unsaturated/α-hetero) is 2. The number of carbonyl (C=O) groups is 4. The SMILES string of the molecule is CN(C)c1cc(NC(=O)CNC(C)(C)C)c(O)c2c(O)c3c(cc12)CC1C(N(C)C)C(=O)C(C(N)=O)=C(O)C1(O)C3=O. The molecule has 0 radical (unpaired) electrons. The first-order chi connectivity index (χ1) is 19.3. The number of aromatic hydroxyl groups is 2. The largest absolute Gasteiger partial charge is 0.508 e. The lowest BCUT2D eigenvalue weighted by Crippen LogP contribution is -2.64. The summed E-state index contributed by atoms with van der Waals surface area (Å²) >= 11 is 0. The highest BCUT2D eigenvalue weighted by Crippen LogP contribution is 2.52. The third-order valence-electron chi connectivity index (χ3n) is 7.81. The van der Waals surface area contributed by atoms with E-state index in [9.17, 15) is 39.6 Å². The molecule has 2 amide bonds. The molecule has 2 aromatic rings. The number of phenolic OH excluding ortho intramolecular Hbond substituents is 2. The van der Waals surface area contributed by atoms with Crippen molar-refractivity contribution in [2.24, 2.45) is 11.7 Å². The molecule has 0 bridgehead atoms. The predicted octanol–water partition coefficient (Wildman–Crippen LogP) is 0.540. The number of amides is 2. The molecule has 0 aliphatic heterocycles. The number of fused-ring (bicyclic) bond motifs is 3. The minimum Gasteiger partial charge on any atom is -0.508 e. The fourth-order valence-corrected chi connectivity index (χ4v) is 5.84. The van der Waals surface area contributed by atoms with Gasteiger partial charge in [-0.1, -0.05) is 0 Å². The van der Waals surface area contributed by atoms with Crippen molar-refractivity contribution in [2.45, 2.75) is 44.4 Å². The van der Waals surface area contributed by atoms with Gasteiger partial charge < -0.3 is 41.7 Å². The first-order valence-electron chi connectivity index (χ1n) is 13.3. The Kier molecular flexibility index (Phi) is 7.51. The lowest BCUT2D eigenvalue weighted by Gasteiger charge is -2.47. The van der Waals surface area contributed by atoms with Gasteiger partial charge in [-0.05, 0) is 59.0 Å². The molecule has 0 spiro atoms. The number of primary amides is 1. The number of nitrogens with two attached hydrogens (primary N) is 1. The van der Waals surface area contributed by atoms with Crippen molar-refractivity contribution in [2.75, 3.05) is 45.0 Å². The molecule has 13 nitrogen and oxygen atoms in total. The summed E-state index contributed by atoms with van der Waals surface area (Å²) in [5.41, 5.74) is 1.65. The maximum absolute atomic E-state index is 14.0. The van der Waals surface area contributed by atoms with Gasteiger partial charge in [-0.3, -0.25) is 24.1 Å². The second-order valence-corrected chi connectivity index (χ2v) is 12.3. The zero-order valence-electron chi connectivity index (χ0n) is 24.6. The summed E-state index contributed by atoms with van der Waals surface area (Å²) in [6.07, 6.45) is -0.156. The number of hydrogen-bond donors (Lipinski definition) is 7. The van der Waals surface area contributed by atoms with Crippen LogP contribution in [0.2, 0.25) is 0 Å². The van der Waals surface area contributed by atoms with E-state index in [0.717, 1.165) is 0 Å². The number of rotatable bonds is 6. The van der Waals surface area contributed by atoms with Crippen molar-refractivity contribution in [3.05, 3.63) is 34.6 Å². The van der Waals surface area contributed by atoms with E-state index in [2.05, 4.69) is 10.6 Å². The number of carbonyl (C=O) groups excluding carboxylic acids is 4. The molecule has 2 aliphatic rings. The van der Waals surface area contributed by atoms with Gasteiger partial charge in [0.05, 0.1) is 29.2 Å². The van der Waals surface area contributed by atoms with Crippen LogP contribution in [0.5, 0.6) is 11.5 Å². The number of nitrogens with one attached hydrogen (secondary N) is 2. The Labute approximate surface area is 242 Å². The van der Waals surface area contributed by atoms with Crippen molar-refractivity contribution in [1.29, 1.82) is 0 Å². The van der Waals surface area contributed by atoms with Gasteiger partial charge in [-0.15, -0.1) is 0 Å². The Balaban J connectivity index is 1.96. The molecule has 2 aromatic carbocycles. The van der Waals surface area contributed by atoms with Gasteiger partial charge in [0, 0.05) is 36.6 Å². The van der Waals surface area contributed by atoms with E-state index >= 15 is 0 Å². The molecule has 0 saturated carbocycles. The Morgan fingerprint density at radius 3 is 2.21 bits per heavy atom. The highest BCUT2D eigenvalue weighted by atomic mass is 16.3. The zero-order valence-corrected chi connectivity index (χ0v) is 24.6. The van der Waals surface area contributed by atoms with E-state index in [1.165, 1.54) is 25.1 Å². The van der Waals surface area contributed by atoms with Gasteiger partial charge in [0.25, 0.3) is 5.91 Å². The number of likely N-dealkylation sites (N-methyl/N-ethyl adjacent to an activating group) is 1. The molecule has 226 valence electrons. The molecular weight excluding hydrogens is 546 g/mol. The Hall–Kier alpha value is -4.20. The van der Waals surface area contributed by atoms with E-state index in [1.807, 2.05) is 20.8 Å². The Morgan fingerprint density at radius 1 is 1.07 bits per heavy atom. The smallest absolute Gasteiger partial charge is 0.255 e. The number of aliphatic hydroxyl groups is 2. The normalized spacial score (nSPS) is 22.3. The summed E-state index contributed by atoms with van der Waals surface area (Å²) in [6, 6.07) is 1.88. The van der Waals surface area contributed by atoms with E-state index in [4.69, 9.17) is 5.73 Å². The fraction of sp³-hybridized carbons (Fsp3) is 0.448. The average molecular weight is 584 g/mol. The number of ketones is 2. The van der Waals surface area contributed by atoms with Crippen LogP contribution in [0, 0.1) is 5.92 Å². The highest BCUT2D eigenvalue weighted by molar-refractivity contribution is 6.25. The van der Waals surface area contributed by atoms with Gasteiger partial charge in [-0.2, -0.15) is 0 Å². The lowest BCUT2D eigenvalue weighted by molar-refractivity contribution is -0.132. The first kappa shape index (κ1) is 30.8. The van der Waals surface area contributed by atoms with Crippen molar-refractivity contribution >= 4 is 45.5 Å². The Bertz CT molecular complexity index is 1570. The quantitative estimate of drug-likeness (QED) is 0.185. The summed E-state index contributed by atoms with van der Waals surface area (Å²) in [5, 5.41) is 51.3. The molecule has 2 aliphatic carbocycles. The van der Waals surface area contributed by atoms with Gasteiger partial charge in [0.1, 0.15) is 17.1 Å². The second kappa shape index (κ2) is 10.3. The standard InChI is InChI=1S/C29H37N5O8/c1-28(2,3)31-11-17(35)32-15-10-16(33(4)5)13-8-12-9-14-21(34(6)7)24(38)20(27(30)41)26(40)29(14,42)25(39)18(12)23(37)19(13)22(15)36/h8,10,14,21,31,36-37,40,42H,9,11H2,1-7H3,(H2,30,41)(H,32,35). The van der Waals surface area contributed by atoms with Gasteiger partial charge >= 0.3 is 0 Å². The van der Waals surface area contributed by atoms with Crippen LogP contribution in [0.3, 0.4) is 0 Å². The second-order valence-electron chi connectivity index (χ2n) is 12.3. The maximum Gasteiger partial charge on any atom is 0.255 e. The van der Waals surface area contributed by atoms with Crippen LogP contribution < -0.4 is 21.3 Å². The van der Waals surface area contributed by atoms with E-state index < -0.39 is 69.3 Å². The molecule has 4 rings (SSSR count). The fourth-order valence-electron chi connectivity index (χ4n) is 5.84. The van der Waals surface area contributed by atoms with Crippen LogP contribution in [0.4, 0.5) is 11.4 Å². The van der Waals surface area contributed by atoms with Crippen molar-refractivity contribution in [3.8, 4) is 11.5 Å². The number of phenols is 2. The topological polar surface area (TPSA) is 206 Å². The maximum atomic E-state index is 14.0. The van der Waals surface area contributed by atoms with Crippen LogP contribution in [0.25, 0.3) is 10.8 Å². The molecule has 3 atom stereocenters. The summed E-state index contributed by atoms with van der Waals surface area (Å²) in [6.45, 7) is 5.59. The van der Waals surface area contributed by atoms with Crippen LogP contribution in [-0.4, -0.2) is 101 Å². The molecule has 8 N–H and O–H groups in total. The van der Waals surface area contributed by atoms with Crippen LogP contribution in [-0.2, 0) is 20.8 Å². The zero-order chi connectivity index (χ0) is 31.6. The number of benzene rings is 2. The minimum atomic E-state index is -2.77. The summed E-state index contributed by atoms with van der Waals surface area (Å²) in [4.78, 5) is 55.2. The molecule has 3 unspecified atom stereocenters. The number of aliphatic hydroxyl groups excluding tert-OH is 1. The lowest BCUT2D eigenvalue weighted by atomic mass is 9.62. The highest BCUT2D eigenvalue weighted by Gasteiger charge is 2.62. The molecule has 0 aromatic heterocycles. The van der Waals surface area contributed by atoms with E-state index in [1.54, 1.807) is 25.1 Å². The summed E-state index contributed by atoms with van der Waals surface area (Å²) in [7, 11) is 6.48. The number of anilines is 2. The summed E-state index contributed by atoms with van der Waals surface area (Å²) in [5.74, 6) is -7.42. The molecular formula is C29H37N5O8. The molecule has 0 fully saturated rings.